The van der Waals surface area contributed by atoms with Gasteiger partial charge in [-0.1, -0.05) is 65.0 Å². The number of benzene rings is 3. The first-order valence-electron chi connectivity index (χ1n) is 14.0. The Bertz CT molecular complexity index is 1680. The van der Waals surface area contributed by atoms with Crippen LogP contribution >= 0.6 is 27.5 Å². The number of nitrogens with one attached hydrogen (secondary N) is 2. The van der Waals surface area contributed by atoms with Gasteiger partial charge in [-0.15, -0.1) is 5.10 Å². The second kappa shape index (κ2) is 12.6. The van der Waals surface area contributed by atoms with Crippen molar-refractivity contribution in [1.29, 1.82) is 0 Å². The number of carbonyl (C=O) groups is 1. The lowest BCUT2D eigenvalue weighted by atomic mass is 9.89. The van der Waals surface area contributed by atoms with E-state index >= 15 is 0 Å². The molecule has 0 amide bonds. The van der Waals surface area contributed by atoms with E-state index in [1.165, 1.54) is 19.3 Å². The van der Waals surface area contributed by atoms with E-state index in [1.54, 1.807) is 16.8 Å². The lowest BCUT2D eigenvalue weighted by Crippen LogP contribution is -2.32. The molecule has 6 rings (SSSR count). The number of hydrogen-bond donors (Lipinski definition) is 3. The predicted octanol–water partition coefficient (Wildman–Crippen LogP) is 7.10. The number of halogens is 2. The minimum atomic E-state index is -1.06. The largest absolute Gasteiger partial charge is 0.489 e. The summed E-state index contributed by atoms with van der Waals surface area (Å²) in [4.78, 5) is 15.5. The quantitative estimate of drug-likeness (QED) is 0.148. The smallest absolute Gasteiger partial charge is 0.352 e. The van der Waals surface area contributed by atoms with Gasteiger partial charge < -0.3 is 20.1 Å². The lowest BCUT2D eigenvalue weighted by Gasteiger charge is -2.25. The van der Waals surface area contributed by atoms with E-state index in [9.17, 15) is 9.90 Å². The minimum Gasteiger partial charge on any atom is -0.489 e. The molecule has 0 spiro atoms. The Morgan fingerprint density at radius 3 is 2.60 bits per heavy atom. The summed E-state index contributed by atoms with van der Waals surface area (Å²) in [5.41, 5.74) is 3.10. The van der Waals surface area contributed by atoms with E-state index < -0.39 is 12.0 Å². The fraction of sp³-hybridized carbons (Fsp3) is 0.290. The van der Waals surface area contributed by atoms with E-state index in [1.807, 2.05) is 54.6 Å². The molecule has 2 heterocycles. The van der Waals surface area contributed by atoms with Crippen molar-refractivity contribution in [3.05, 3.63) is 98.9 Å². The molecule has 1 saturated carbocycles. The molecule has 2 aromatic heterocycles. The van der Waals surface area contributed by atoms with Crippen LogP contribution < -0.4 is 10.1 Å². The molecular formula is C31H30BrClN6O3. The molecule has 0 saturated heterocycles. The second-order valence-corrected chi connectivity index (χ2v) is 12.0. The SMILES string of the molecule is O=C(O)c1[nH]c2cc(Cl)ccc2c1C(NCC1CCCCC1)c1nnnn1-c1ccc(OCc2ccc(Br)cc2)cc1. The van der Waals surface area contributed by atoms with E-state index in [2.05, 4.69) is 41.8 Å². The van der Waals surface area contributed by atoms with Crippen LogP contribution in [0, 0.1) is 5.92 Å². The average molecular weight is 650 g/mol. The van der Waals surface area contributed by atoms with Gasteiger partial charge in [0, 0.05) is 26.0 Å². The maximum absolute atomic E-state index is 12.5. The zero-order chi connectivity index (χ0) is 29.1. The van der Waals surface area contributed by atoms with Crippen molar-refractivity contribution >= 4 is 44.4 Å². The highest BCUT2D eigenvalue weighted by Crippen LogP contribution is 2.34. The maximum atomic E-state index is 12.5. The predicted molar refractivity (Wildman–Crippen MR) is 164 cm³/mol. The number of H-pyrrole nitrogens is 1. The number of tetrazole rings is 1. The summed E-state index contributed by atoms with van der Waals surface area (Å²) in [6.45, 7) is 1.16. The number of fused-ring (bicyclic) bond motifs is 1. The fourth-order valence-electron chi connectivity index (χ4n) is 5.65. The standard InChI is InChI=1S/C31H30BrClN6O3/c32-21-8-6-20(7-9-21)18-42-24-13-11-23(12-14-24)39-30(36-37-38-39)28(34-17-19-4-2-1-3-5-19)27-25-15-10-22(33)16-26(25)35-29(27)31(40)41/h6-16,19,28,34-35H,1-5,17-18H2,(H,40,41). The highest BCUT2D eigenvalue weighted by Gasteiger charge is 2.31. The first-order chi connectivity index (χ1) is 20.5. The number of aromatic carboxylic acids is 1. The van der Waals surface area contributed by atoms with Gasteiger partial charge in [0.05, 0.1) is 11.7 Å². The van der Waals surface area contributed by atoms with Crippen molar-refractivity contribution in [3.8, 4) is 11.4 Å². The number of nitrogens with zero attached hydrogens (tertiary/aromatic N) is 4. The van der Waals surface area contributed by atoms with Gasteiger partial charge in [-0.25, -0.2) is 4.79 Å². The number of ether oxygens (including phenoxy) is 1. The average Bonchev–Trinajstić information content (AvgIpc) is 3.64. The molecule has 9 nitrogen and oxygen atoms in total. The lowest BCUT2D eigenvalue weighted by molar-refractivity contribution is 0.0689. The molecule has 0 aliphatic heterocycles. The van der Waals surface area contributed by atoms with E-state index in [4.69, 9.17) is 16.3 Å². The summed E-state index contributed by atoms with van der Waals surface area (Å²) >= 11 is 9.70. The van der Waals surface area contributed by atoms with Gasteiger partial charge in [0.15, 0.2) is 5.82 Å². The molecule has 0 radical (unpaired) electrons. The number of rotatable bonds is 10. The van der Waals surface area contributed by atoms with Crippen molar-refractivity contribution < 1.29 is 14.6 Å². The first-order valence-corrected chi connectivity index (χ1v) is 15.2. The summed E-state index contributed by atoms with van der Waals surface area (Å²) in [5.74, 6) is 0.645. The van der Waals surface area contributed by atoms with Crippen LogP contribution in [0.1, 0.15) is 65.6 Å². The zero-order valence-electron chi connectivity index (χ0n) is 22.8. The van der Waals surface area contributed by atoms with Crippen LogP contribution in [0.5, 0.6) is 5.75 Å². The van der Waals surface area contributed by atoms with Crippen molar-refractivity contribution in [2.45, 2.75) is 44.8 Å². The number of aromatic nitrogens is 5. The Labute approximate surface area is 256 Å². The Kier molecular flexibility index (Phi) is 8.55. The van der Waals surface area contributed by atoms with Crippen LogP contribution in [0.3, 0.4) is 0 Å². The normalized spacial score (nSPS) is 14.7. The molecule has 1 fully saturated rings. The molecule has 0 bridgehead atoms. The van der Waals surface area contributed by atoms with E-state index in [0.717, 1.165) is 40.5 Å². The summed E-state index contributed by atoms with van der Waals surface area (Å²) < 4.78 is 8.65. The molecule has 1 aliphatic carbocycles. The highest BCUT2D eigenvalue weighted by molar-refractivity contribution is 9.10. The van der Waals surface area contributed by atoms with Gasteiger partial charge in [0.25, 0.3) is 0 Å². The number of aromatic amines is 1. The van der Waals surface area contributed by atoms with Gasteiger partial charge in [-0.05, 0) is 89.8 Å². The molecule has 3 N–H and O–H groups in total. The van der Waals surface area contributed by atoms with Gasteiger partial charge in [0.2, 0.25) is 0 Å². The summed E-state index contributed by atoms with van der Waals surface area (Å²) in [6, 6.07) is 20.3. The monoisotopic (exact) mass is 648 g/mol. The molecule has 3 aromatic carbocycles. The molecule has 1 unspecified atom stereocenters. The summed E-state index contributed by atoms with van der Waals surface area (Å²) in [5, 5.41) is 27.8. The highest BCUT2D eigenvalue weighted by atomic mass is 79.9. The van der Waals surface area contributed by atoms with Crippen LogP contribution in [0.2, 0.25) is 5.02 Å². The van der Waals surface area contributed by atoms with Crippen LogP contribution in [-0.4, -0.2) is 42.8 Å². The Morgan fingerprint density at radius 1 is 1.10 bits per heavy atom. The number of carboxylic acids is 1. The minimum absolute atomic E-state index is 0.0830. The molecule has 5 aromatic rings. The van der Waals surface area contributed by atoms with Gasteiger partial charge in [0.1, 0.15) is 18.1 Å². The molecule has 1 aliphatic rings. The number of hydrogen-bond acceptors (Lipinski definition) is 6. The van der Waals surface area contributed by atoms with Crippen molar-refractivity contribution in [1.82, 2.24) is 30.5 Å². The van der Waals surface area contributed by atoms with Crippen molar-refractivity contribution in [3.63, 3.8) is 0 Å². The van der Waals surface area contributed by atoms with E-state index in [0.29, 0.717) is 40.2 Å². The van der Waals surface area contributed by atoms with Crippen LogP contribution in [-0.2, 0) is 6.61 Å². The topological polar surface area (TPSA) is 118 Å². The Morgan fingerprint density at radius 2 is 1.86 bits per heavy atom. The number of carboxylic acid groups (broad SMARTS) is 1. The third-order valence-electron chi connectivity index (χ3n) is 7.79. The van der Waals surface area contributed by atoms with Crippen molar-refractivity contribution in [2.24, 2.45) is 5.92 Å². The molecule has 11 heteroatoms. The molecular weight excluding hydrogens is 620 g/mol. The van der Waals surface area contributed by atoms with Crippen LogP contribution in [0.25, 0.3) is 16.6 Å². The first kappa shape index (κ1) is 28.4. The van der Waals surface area contributed by atoms with Gasteiger partial charge in [-0.3, -0.25) is 0 Å². The van der Waals surface area contributed by atoms with Gasteiger partial charge >= 0.3 is 5.97 Å². The third-order valence-corrected chi connectivity index (χ3v) is 8.55. The third kappa shape index (κ3) is 6.21. The molecule has 1 atom stereocenters. The second-order valence-electron chi connectivity index (χ2n) is 10.6. The van der Waals surface area contributed by atoms with Crippen LogP contribution in [0.15, 0.2) is 71.2 Å². The van der Waals surface area contributed by atoms with Crippen LogP contribution in [0.4, 0.5) is 0 Å². The molecule has 216 valence electrons. The van der Waals surface area contributed by atoms with Gasteiger partial charge in [-0.2, -0.15) is 4.68 Å². The van der Waals surface area contributed by atoms with E-state index in [-0.39, 0.29) is 5.69 Å². The van der Waals surface area contributed by atoms with Crippen molar-refractivity contribution in [2.75, 3.05) is 6.54 Å². The molecule has 42 heavy (non-hydrogen) atoms. The maximum Gasteiger partial charge on any atom is 0.352 e. The summed E-state index contributed by atoms with van der Waals surface area (Å²) in [7, 11) is 0. The zero-order valence-corrected chi connectivity index (χ0v) is 25.1. The summed E-state index contributed by atoms with van der Waals surface area (Å²) in [6.07, 6.45) is 5.95. The fourth-order valence-corrected chi connectivity index (χ4v) is 6.08. The Balaban J connectivity index is 1.33. The Hall–Kier alpha value is -3.73.